The largest absolute Gasteiger partial charge is 0.380 e. The summed E-state index contributed by atoms with van der Waals surface area (Å²) in [6.07, 6.45) is 1.74. The van der Waals surface area contributed by atoms with E-state index in [9.17, 15) is 0 Å². The van der Waals surface area contributed by atoms with Crippen LogP contribution in [-0.4, -0.2) is 10.0 Å². The van der Waals surface area contributed by atoms with Crippen LogP contribution in [0.4, 0.5) is 0 Å². The molecule has 0 aliphatic rings. The zero-order valence-electron chi connectivity index (χ0n) is 5.52. The van der Waals surface area contributed by atoms with Crippen LogP contribution in [0.1, 0.15) is 26.7 Å². The third kappa shape index (κ3) is 10.3. The summed E-state index contributed by atoms with van der Waals surface area (Å²) >= 11 is 3.89. The molecule has 46 valence electrons. The number of aliphatic hydroxyl groups is 1. The summed E-state index contributed by atoms with van der Waals surface area (Å²) in [5.74, 6) is 0. The summed E-state index contributed by atoms with van der Waals surface area (Å²) < 4.78 is 0. The first-order chi connectivity index (χ1) is 3.06. The molecule has 0 radical (unpaired) electrons. The number of rotatable bonds is 2. The first kappa shape index (κ1) is 12.0. The van der Waals surface area contributed by atoms with E-state index in [4.69, 9.17) is 5.11 Å². The van der Waals surface area contributed by atoms with Gasteiger partial charge in [-0.05, 0) is 13.3 Å². The molecule has 1 nitrogen and oxygen atoms in total. The van der Waals surface area contributed by atoms with Crippen LogP contribution in [0.3, 0.4) is 0 Å². The van der Waals surface area contributed by atoms with Crippen molar-refractivity contribution in [3.63, 3.8) is 0 Å². The van der Waals surface area contributed by atoms with Gasteiger partial charge in [-0.15, -0.1) is 12.6 Å². The number of hydrogen-bond donors (Lipinski definition) is 2. The second-order valence-electron chi connectivity index (χ2n) is 1.97. The molecule has 0 fully saturated rings. The molecule has 1 unspecified atom stereocenters. The Morgan fingerprint density at radius 2 is 2.00 bits per heavy atom. The first-order valence-electron chi connectivity index (χ1n) is 2.51. The molecule has 8 heavy (non-hydrogen) atoms. The molecule has 0 aliphatic carbocycles. The normalized spacial score (nSPS) is 16.5. The molecule has 3 heteroatoms. The number of thiol groups is 1. The Morgan fingerprint density at radius 3 is 2.00 bits per heavy atom. The minimum absolute atomic E-state index is 0. The van der Waals surface area contributed by atoms with E-state index in [0.717, 1.165) is 12.8 Å². The fourth-order valence-electron chi connectivity index (χ4n) is 0.474. The molecular formula is C5H12HgOS. The maximum atomic E-state index is 8.88. The van der Waals surface area contributed by atoms with E-state index in [1.807, 2.05) is 6.92 Å². The van der Waals surface area contributed by atoms with Crippen LogP contribution >= 0.6 is 12.6 Å². The molecule has 0 saturated carbocycles. The molecule has 0 rings (SSSR count). The van der Waals surface area contributed by atoms with Crippen molar-refractivity contribution in [3.8, 4) is 0 Å². The average Bonchev–Trinajstić information content (AvgIpc) is 1.30. The maximum Gasteiger partial charge on any atom is 0.104 e. The first-order valence-corrected chi connectivity index (χ1v) is 2.96. The van der Waals surface area contributed by atoms with Gasteiger partial charge in [0.25, 0.3) is 0 Å². The van der Waals surface area contributed by atoms with E-state index in [0.29, 0.717) is 0 Å². The van der Waals surface area contributed by atoms with Gasteiger partial charge in [-0.3, -0.25) is 0 Å². The van der Waals surface area contributed by atoms with Crippen molar-refractivity contribution in [3.05, 3.63) is 0 Å². The predicted molar refractivity (Wildman–Crippen MR) is 34.5 cm³/mol. The van der Waals surface area contributed by atoms with Gasteiger partial charge < -0.3 is 5.11 Å². The van der Waals surface area contributed by atoms with Crippen molar-refractivity contribution in [1.29, 1.82) is 0 Å². The van der Waals surface area contributed by atoms with Gasteiger partial charge in [0.2, 0.25) is 0 Å². The molecule has 1 N–H and O–H groups in total. The molecule has 0 aromatic heterocycles. The topological polar surface area (TPSA) is 20.2 Å². The minimum atomic E-state index is -0.755. The molecule has 1 atom stereocenters. The van der Waals surface area contributed by atoms with Crippen LogP contribution in [0, 0.1) is 0 Å². The van der Waals surface area contributed by atoms with Crippen molar-refractivity contribution in [2.75, 3.05) is 0 Å². The summed E-state index contributed by atoms with van der Waals surface area (Å²) in [6, 6.07) is 0. The fraction of sp³-hybridized carbons (Fsp3) is 1.00. The van der Waals surface area contributed by atoms with Gasteiger partial charge in [-0.25, -0.2) is 0 Å². The Labute approximate surface area is 76.8 Å². The second kappa shape index (κ2) is 5.06. The van der Waals surface area contributed by atoms with E-state index in [2.05, 4.69) is 12.6 Å². The molecule has 0 bridgehead atoms. The van der Waals surface area contributed by atoms with E-state index >= 15 is 0 Å². The van der Waals surface area contributed by atoms with Crippen molar-refractivity contribution < 1.29 is 32.8 Å². The standard InChI is InChI=1S/C5H12OS.Hg/c1-3-4-5(2,6)7;/h6-7H,3-4H2,1-2H3;. The molecule has 0 amide bonds. The van der Waals surface area contributed by atoms with Gasteiger partial charge in [0.05, 0.1) is 0 Å². The summed E-state index contributed by atoms with van der Waals surface area (Å²) in [5, 5.41) is 8.88. The van der Waals surface area contributed by atoms with Crippen LogP contribution in [0.5, 0.6) is 0 Å². The predicted octanol–water partition coefficient (Wildman–Crippen LogP) is 1.42. The molecule has 0 saturated heterocycles. The summed E-state index contributed by atoms with van der Waals surface area (Å²) in [7, 11) is 0. The quantitative estimate of drug-likeness (QED) is 0.448. The van der Waals surface area contributed by atoms with Crippen LogP contribution in [0.15, 0.2) is 0 Å². The zero-order valence-corrected chi connectivity index (χ0v) is 11.9. The summed E-state index contributed by atoms with van der Waals surface area (Å²) in [4.78, 5) is -0.755. The van der Waals surface area contributed by atoms with Crippen molar-refractivity contribution in [2.45, 2.75) is 31.6 Å². The fourth-order valence-corrected chi connectivity index (χ4v) is 0.697. The van der Waals surface area contributed by atoms with Gasteiger partial charge in [0.1, 0.15) is 4.93 Å². The van der Waals surface area contributed by atoms with Crippen LogP contribution in [0.2, 0.25) is 0 Å². The van der Waals surface area contributed by atoms with Crippen molar-refractivity contribution in [2.24, 2.45) is 0 Å². The Bertz CT molecular complexity index is 50.9. The molecular weight excluding hydrogens is 309 g/mol. The Balaban J connectivity index is 0. The maximum absolute atomic E-state index is 8.88. The van der Waals surface area contributed by atoms with Crippen molar-refractivity contribution >= 4 is 12.6 Å². The third-order valence-electron chi connectivity index (χ3n) is 0.724. The van der Waals surface area contributed by atoms with E-state index in [-0.39, 0.29) is 27.7 Å². The van der Waals surface area contributed by atoms with Gasteiger partial charge in [-0.1, -0.05) is 13.3 Å². The zero-order chi connectivity index (χ0) is 5.91. The SMILES string of the molecule is CCCC(C)(O)S.[Hg]. The monoisotopic (exact) mass is 322 g/mol. The Morgan fingerprint density at radius 1 is 1.62 bits per heavy atom. The molecule has 0 heterocycles. The summed E-state index contributed by atoms with van der Waals surface area (Å²) in [5.41, 5.74) is 0. The Kier molecular flexibility index (Phi) is 7.58. The summed E-state index contributed by atoms with van der Waals surface area (Å²) in [6.45, 7) is 3.71. The molecule has 0 aromatic rings. The second-order valence-corrected chi connectivity index (χ2v) is 2.93. The van der Waals surface area contributed by atoms with Gasteiger partial charge in [-0.2, -0.15) is 0 Å². The van der Waals surface area contributed by atoms with E-state index in [1.165, 1.54) is 0 Å². The molecule has 0 aliphatic heterocycles. The minimum Gasteiger partial charge on any atom is -0.380 e. The van der Waals surface area contributed by atoms with E-state index < -0.39 is 4.93 Å². The van der Waals surface area contributed by atoms with Gasteiger partial charge in [0.15, 0.2) is 0 Å². The van der Waals surface area contributed by atoms with Crippen LogP contribution in [0.25, 0.3) is 0 Å². The number of hydrogen-bond acceptors (Lipinski definition) is 2. The van der Waals surface area contributed by atoms with Crippen molar-refractivity contribution in [1.82, 2.24) is 0 Å². The van der Waals surface area contributed by atoms with Gasteiger partial charge >= 0.3 is 0 Å². The third-order valence-corrected chi connectivity index (χ3v) is 0.947. The molecule has 0 aromatic carbocycles. The van der Waals surface area contributed by atoms with Crippen LogP contribution in [-0.2, 0) is 27.7 Å². The Hall–Kier alpha value is 1.25. The molecule has 0 spiro atoms. The average molecular weight is 321 g/mol. The van der Waals surface area contributed by atoms with Gasteiger partial charge in [0, 0.05) is 27.7 Å². The van der Waals surface area contributed by atoms with Crippen LogP contribution < -0.4 is 0 Å². The smallest absolute Gasteiger partial charge is 0.104 e. The van der Waals surface area contributed by atoms with E-state index in [1.54, 1.807) is 6.92 Å².